The Morgan fingerprint density at radius 3 is 2.79 bits per heavy atom. The molecule has 1 heterocycles. The molecule has 3 nitrogen and oxygen atoms in total. The zero-order valence-corrected chi connectivity index (χ0v) is 9.34. The number of ketones is 1. The highest BCUT2D eigenvalue weighted by molar-refractivity contribution is 6.31. The van der Waals surface area contributed by atoms with Crippen molar-refractivity contribution in [2.24, 2.45) is 0 Å². The van der Waals surface area contributed by atoms with Crippen molar-refractivity contribution in [1.29, 1.82) is 0 Å². The Morgan fingerprint density at radius 1 is 1.57 bits per heavy atom. The molecular weight excluding hydrogens is 200 g/mol. The molecule has 14 heavy (non-hydrogen) atoms. The Bertz CT molecular complexity index is 300. The summed E-state index contributed by atoms with van der Waals surface area (Å²) in [5, 5.41) is 4.93. The van der Waals surface area contributed by atoms with Crippen molar-refractivity contribution in [3.05, 3.63) is 16.9 Å². The van der Waals surface area contributed by atoms with E-state index in [2.05, 4.69) is 5.10 Å². The van der Waals surface area contributed by atoms with Gasteiger partial charge in [-0.15, -0.1) is 0 Å². The van der Waals surface area contributed by atoms with Gasteiger partial charge in [0.2, 0.25) is 0 Å². The lowest BCUT2D eigenvalue weighted by Crippen LogP contribution is -2.00. The molecule has 0 radical (unpaired) electrons. The highest BCUT2D eigenvalue weighted by Crippen LogP contribution is 2.12. The van der Waals surface area contributed by atoms with E-state index in [0.717, 1.165) is 25.1 Å². The van der Waals surface area contributed by atoms with Crippen LogP contribution < -0.4 is 0 Å². The third-order valence-electron chi connectivity index (χ3n) is 2.05. The molecule has 0 atom stereocenters. The summed E-state index contributed by atoms with van der Waals surface area (Å²) in [5.74, 6) is 0.250. The van der Waals surface area contributed by atoms with Crippen LogP contribution in [-0.4, -0.2) is 15.6 Å². The van der Waals surface area contributed by atoms with E-state index >= 15 is 0 Å². The molecule has 1 aromatic heterocycles. The largest absolute Gasteiger partial charge is 0.300 e. The molecule has 0 spiro atoms. The lowest BCUT2D eigenvalue weighted by Gasteiger charge is -1.99. The summed E-state index contributed by atoms with van der Waals surface area (Å²) < 4.78 is 1.83. The summed E-state index contributed by atoms with van der Waals surface area (Å²) in [6, 6.07) is 0. The van der Waals surface area contributed by atoms with E-state index in [1.54, 1.807) is 6.92 Å². The van der Waals surface area contributed by atoms with Gasteiger partial charge in [-0.25, -0.2) is 0 Å². The van der Waals surface area contributed by atoms with Gasteiger partial charge in [0, 0.05) is 19.2 Å². The normalized spacial score (nSPS) is 10.5. The van der Waals surface area contributed by atoms with Crippen molar-refractivity contribution in [3.63, 3.8) is 0 Å². The Kier molecular flexibility index (Phi) is 4.14. The van der Waals surface area contributed by atoms with Gasteiger partial charge in [0.05, 0.1) is 10.7 Å². The van der Waals surface area contributed by atoms with Gasteiger partial charge in [-0.05, 0) is 26.7 Å². The lowest BCUT2D eigenvalue weighted by atomic mass is 10.2. The molecule has 0 aliphatic heterocycles. The number of Topliss-reactive ketones (excluding diaryl/α,β-unsaturated/α-hetero) is 1. The quantitative estimate of drug-likeness (QED) is 0.707. The highest BCUT2D eigenvalue weighted by atomic mass is 35.5. The van der Waals surface area contributed by atoms with Crippen molar-refractivity contribution in [1.82, 2.24) is 9.78 Å². The van der Waals surface area contributed by atoms with Crippen molar-refractivity contribution in [2.75, 3.05) is 0 Å². The third-order valence-corrected chi connectivity index (χ3v) is 2.42. The first-order valence-electron chi connectivity index (χ1n) is 4.78. The Balaban J connectivity index is 2.28. The van der Waals surface area contributed by atoms with E-state index in [0.29, 0.717) is 11.4 Å². The van der Waals surface area contributed by atoms with Gasteiger partial charge in [-0.1, -0.05) is 11.6 Å². The molecule has 78 valence electrons. The topological polar surface area (TPSA) is 34.9 Å². The van der Waals surface area contributed by atoms with Gasteiger partial charge >= 0.3 is 0 Å². The number of unbranched alkanes of at least 4 members (excludes halogenated alkanes) is 1. The number of halogens is 1. The Morgan fingerprint density at radius 2 is 2.29 bits per heavy atom. The molecule has 0 bridgehead atoms. The average Bonchev–Trinajstić information content (AvgIpc) is 2.40. The highest BCUT2D eigenvalue weighted by Gasteiger charge is 2.01. The SMILES string of the molecule is CC(=O)CCCCn1cc(Cl)c(C)n1. The van der Waals surface area contributed by atoms with Gasteiger partial charge < -0.3 is 4.79 Å². The van der Waals surface area contributed by atoms with Crippen LogP contribution in [0, 0.1) is 6.92 Å². The van der Waals surface area contributed by atoms with Crippen LogP contribution in [0.4, 0.5) is 0 Å². The number of hydrogen-bond acceptors (Lipinski definition) is 2. The van der Waals surface area contributed by atoms with Gasteiger partial charge in [0.25, 0.3) is 0 Å². The molecule has 0 fully saturated rings. The number of nitrogens with zero attached hydrogens (tertiary/aromatic N) is 2. The number of rotatable bonds is 5. The average molecular weight is 215 g/mol. The zero-order valence-electron chi connectivity index (χ0n) is 8.59. The molecule has 0 N–H and O–H groups in total. The first kappa shape index (κ1) is 11.2. The van der Waals surface area contributed by atoms with Crippen molar-refractivity contribution in [2.45, 2.75) is 39.7 Å². The zero-order chi connectivity index (χ0) is 10.6. The van der Waals surface area contributed by atoms with Crippen LogP contribution in [0.1, 0.15) is 31.9 Å². The van der Waals surface area contributed by atoms with Gasteiger partial charge in [0.1, 0.15) is 5.78 Å². The standard InChI is InChI=1S/C10H15ClN2O/c1-8(14)5-3-4-6-13-7-10(11)9(2)12-13/h7H,3-6H2,1-2H3. The second-order valence-electron chi connectivity index (χ2n) is 3.48. The van der Waals surface area contributed by atoms with Crippen LogP contribution in [0.5, 0.6) is 0 Å². The summed E-state index contributed by atoms with van der Waals surface area (Å²) in [6.07, 6.45) is 4.38. The molecule has 0 aliphatic rings. The minimum atomic E-state index is 0.250. The maximum atomic E-state index is 10.7. The van der Waals surface area contributed by atoms with Gasteiger partial charge in [-0.3, -0.25) is 4.68 Å². The molecule has 4 heteroatoms. The maximum absolute atomic E-state index is 10.7. The number of aromatic nitrogens is 2. The fraction of sp³-hybridized carbons (Fsp3) is 0.600. The minimum Gasteiger partial charge on any atom is -0.300 e. The van der Waals surface area contributed by atoms with E-state index in [9.17, 15) is 4.79 Å². The smallest absolute Gasteiger partial charge is 0.129 e. The number of hydrogen-bond donors (Lipinski definition) is 0. The second-order valence-corrected chi connectivity index (χ2v) is 3.89. The molecule has 0 unspecified atom stereocenters. The molecule has 1 aromatic rings. The molecule has 0 saturated heterocycles. The monoisotopic (exact) mass is 214 g/mol. The molecule has 0 aliphatic carbocycles. The van der Waals surface area contributed by atoms with Gasteiger partial charge in [-0.2, -0.15) is 5.10 Å². The van der Waals surface area contributed by atoms with E-state index in [1.807, 2.05) is 17.8 Å². The summed E-state index contributed by atoms with van der Waals surface area (Å²) in [4.78, 5) is 10.7. The van der Waals surface area contributed by atoms with Crippen LogP contribution in [0.3, 0.4) is 0 Å². The van der Waals surface area contributed by atoms with E-state index < -0.39 is 0 Å². The summed E-state index contributed by atoms with van der Waals surface area (Å²) >= 11 is 5.86. The maximum Gasteiger partial charge on any atom is 0.129 e. The van der Waals surface area contributed by atoms with E-state index in [4.69, 9.17) is 11.6 Å². The van der Waals surface area contributed by atoms with Crippen LogP contribution in [0.2, 0.25) is 5.02 Å². The van der Waals surface area contributed by atoms with Crippen molar-refractivity contribution in [3.8, 4) is 0 Å². The van der Waals surface area contributed by atoms with Gasteiger partial charge in [0.15, 0.2) is 0 Å². The van der Waals surface area contributed by atoms with Crippen molar-refractivity contribution < 1.29 is 4.79 Å². The van der Waals surface area contributed by atoms with Crippen LogP contribution >= 0.6 is 11.6 Å². The summed E-state index contributed by atoms with van der Waals surface area (Å²) in [7, 11) is 0. The summed E-state index contributed by atoms with van der Waals surface area (Å²) in [6.45, 7) is 4.34. The first-order valence-corrected chi connectivity index (χ1v) is 5.16. The predicted octanol–water partition coefficient (Wildman–Crippen LogP) is 2.60. The molecule has 1 rings (SSSR count). The number of aryl methyl sites for hydroxylation is 2. The first-order chi connectivity index (χ1) is 6.59. The number of carbonyl (C=O) groups is 1. The molecular formula is C10H15ClN2O. The Labute approximate surface area is 89.1 Å². The lowest BCUT2D eigenvalue weighted by molar-refractivity contribution is -0.117. The van der Waals surface area contributed by atoms with E-state index in [-0.39, 0.29) is 5.78 Å². The fourth-order valence-corrected chi connectivity index (χ4v) is 1.41. The molecule has 0 saturated carbocycles. The predicted molar refractivity (Wildman–Crippen MR) is 56.5 cm³/mol. The van der Waals surface area contributed by atoms with Crippen molar-refractivity contribution >= 4 is 17.4 Å². The van der Waals surface area contributed by atoms with Crippen LogP contribution in [0.25, 0.3) is 0 Å². The third kappa shape index (κ3) is 3.50. The second kappa shape index (κ2) is 5.15. The summed E-state index contributed by atoms with van der Waals surface area (Å²) in [5.41, 5.74) is 0.859. The van der Waals surface area contributed by atoms with Crippen LogP contribution in [-0.2, 0) is 11.3 Å². The molecule has 0 aromatic carbocycles. The number of carbonyl (C=O) groups excluding carboxylic acids is 1. The fourth-order valence-electron chi connectivity index (χ4n) is 1.26. The molecule has 0 amide bonds. The van der Waals surface area contributed by atoms with Crippen LogP contribution in [0.15, 0.2) is 6.20 Å². The minimum absolute atomic E-state index is 0.250. The Hall–Kier alpha value is -0.830. The van der Waals surface area contributed by atoms with E-state index in [1.165, 1.54) is 0 Å².